The summed E-state index contributed by atoms with van der Waals surface area (Å²) in [7, 11) is 0. The highest BCUT2D eigenvalue weighted by Crippen LogP contribution is 2.51. The molecule has 0 spiro atoms. The Hall–Kier alpha value is -3.28. The number of nitro groups is 2. The fourth-order valence-corrected chi connectivity index (χ4v) is 4.16. The highest BCUT2D eigenvalue weighted by atomic mass is 16.6. The topological polar surface area (TPSA) is 134 Å². The van der Waals surface area contributed by atoms with Crippen LogP contribution in [0.5, 0.6) is 0 Å². The fraction of sp³-hybridized carbons (Fsp3) is 0.444. The van der Waals surface area contributed by atoms with Crippen molar-refractivity contribution in [2.75, 3.05) is 5.43 Å². The van der Waals surface area contributed by atoms with Crippen LogP contribution in [0.3, 0.4) is 0 Å². The van der Waals surface area contributed by atoms with Gasteiger partial charge in [-0.3, -0.25) is 25.7 Å². The Kier molecular flexibility index (Phi) is 4.90. The summed E-state index contributed by atoms with van der Waals surface area (Å²) in [5.41, 5.74) is 2.57. The van der Waals surface area contributed by atoms with Gasteiger partial charge in [-0.15, -0.1) is 0 Å². The van der Waals surface area contributed by atoms with Gasteiger partial charge in [-0.05, 0) is 50.5 Å². The number of hydrogen-bond acceptors (Lipinski definition) is 7. The number of anilines is 1. The minimum absolute atomic E-state index is 0.0507. The molecule has 1 aromatic rings. The summed E-state index contributed by atoms with van der Waals surface area (Å²) in [6.45, 7) is 4.11. The highest BCUT2D eigenvalue weighted by molar-refractivity contribution is 5.97. The molecule has 0 amide bonds. The Labute approximate surface area is 155 Å². The second-order valence-corrected chi connectivity index (χ2v) is 6.89. The molecule has 1 N–H and O–H groups in total. The number of fused-ring (bicyclic) bond motifs is 1. The van der Waals surface area contributed by atoms with E-state index in [0.29, 0.717) is 12.1 Å². The van der Waals surface area contributed by atoms with Crippen molar-refractivity contribution in [2.45, 2.75) is 38.5 Å². The van der Waals surface area contributed by atoms with E-state index >= 15 is 0 Å². The summed E-state index contributed by atoms with van der Waals surface area (Å²) in [4.78, 5) is 20.7. The monoisotopic (exact) mass is 369 g/mol. The van der Waals surface area contributed by atoms with Gasteiger partial charge in [0.05, 0.1) is 27.7 Å². The van der Waals surface area contributed by atoms with E-state index in [1.165, 1.54) is 12.1 Å². The highest BCUT2D eigenvalue weighted by Gasteiger charge is 2.49. The normalized spacial score (nSPS) is 26.1. The van der Waals surface area contributed by atoms with E-state index in [4.69, 9.17) is 0 Å². The first-order valence-electron chi connectivity index (χ1n) is 8.75. The quantitative estimate of drug-likeness (QED) is 0.477. The van der Waals surface area contributed by atoms with Crippen LogP contribution < -0.4 is 5.43 Å². The molecule has 0 unspecified atom stereocenters. The Balaban J connectivity index is 1.97. The second-order valence-electron chi connectivity index (χ2n) is 6.89. The van der Waals surface area contributed by atoms with E-state index in [1.807, 2.05) is 0 Å². The van der Waals surface area contributed by atoms with Crippen molar-refractivity contribution >= 4 is 22.8 Å². The number of nitriles is 1. The van der Waals surface area contributed by atoms with Crippen molar-refractivity contribution in [3.63, 3.8) is 0 Å². The molecule has 2 saturated carbocycles. The molecule has 2 atom stereocenters. The van der Waals surface area contributed by atoms with Crippen LogP contribution in [0.15, 0.2) is 35.5 Å². The molecule has 2 fully saturated rings. The van der Waals surface area contributed by atoms with Crippen LogP contribution in [-0.4, -0.2) is 15.6 Å². The second kappa shape index (κ2) is 7.15. The zero-order valence-corrected chi connectivity index (χ0v) is 14.7. The largest absolute Gasteiger partial charge is 0.301 e. The average molecular weight is 369 g/mol. The number of rotatable bonds is 4. The van der Waals surface area contributed by atoms with E-state index in [9.17, 15) is 25.5 Å². The lowest BCUT2D eigenvalue weighted by molar-refractivity contribution is -0.393. The van der Waals surface area contributed by atoms with Crippen molar-refractivity contribution in [2.24, 2.45) is 16.4 Å². The van der Waals surface area contributed by atoms with Gasteiger partial charge in [-0.1, -0.05) is 12.2 Å². The SMILES string of the molecule is C=C1CCC[C@H]2CCC/C(=N\Nc3ccc([N+](=O)[O-])cc3[N+](=O)[O-])[C@@]12C#N. The number of nitrogens with one attached hydrogen (secondary N) is 1. The van der Waals surface area contributed by atoms with Gasteiger partial charge in [0.25, 0.3) is 5.69 Å². The maximum atomic E-state index is 11.3. The zero-order valence-electron chi connectivity index (χ0n) is 14.7. The molecule has 2 aliphatic carbocycles. The zero-order chi connectivity index (χ0) is 19.6. The van der Waals surface area contributed by atoms with Gasteiger partial charge < -0.3 is 0 Å². The van der Waals surface area contributed by atoms with Gasteiger partial charge in [-0.25, -0.2) is 0 Å². The van der Waals surface area contributed by atoms with Crippen LogP contribution in [0.1, 0.15) is 38.5 Å². The molecule has 0 aliphatic heterocycles. The number of nitrogens with zero attached hydrogens (tertiary/aromatic N) is 4. The molecule has 9 nitrogen and oxygen atoms in total. The van der Waals surface area contributed by atoms with Crippen molar-refractivity contribution < 1.29 is 9.85 Å². The molecular weight excluding hydrogens is 350 g/mol. The molecule has 0 heterocycles. The third-order valence-corrected chi connectivity index (χ3v) is 5.50. The molecule has 0 aromatic heterocycles. The standard InChI is InChI=1S/C18H19N5O4/c1-12-4-2-5-13-6-3-7-17(18(12,13)11-19)21-20-15-9-8-14(22(24)25)10-16(15)23(26)27/h8-10,13,20H,1-7H2/b21-17+/t13-,18-/m0/s1. The predicted molar refractivity (Wildman–Crippen MR) is 99.2 cm³/mol. The molecule has 1 aromatic carbocycles. The first-order valence-corrected chi connectivity index (χ1v) is 8.75. The summed E-state index contributed by atoms with van der Waals surface area (Å²) in [6.07, 6.45) is 5.13. The van der Waals surface area contributed by atoms with Gasteiger partial charge in [0.2, 0.25) is 0 Å². The lowest BCUT2D eigenvalue weighted by Crippen LogP contribution is -2.44. The van der Waals surface area contributed by atoms with Gasteiger partial charge >= 0.3 is 5.69 Å². The summed E-state index contributed by atoms with van der Waals surface area (Å²) in [6, 6.07) is 5.76. The number of allylic oxidation sites excluding steroid dienone is 1. The molecule has 27 heavy (non-hydrogen) atoms. The molecule has 0 bridgehead atoms. The number of non-ortho nitro benzene ring substituents is 1. The van der Waals surface area contributed by atoms with Crippen molar-refractivity contribution in [3.8, 4) is 6.07 Å². The summed E-state index contributed by atoms with van der Waals surface area (Å²) < 4.78 is 0. The van der Waals surface area contributed by atoms with Crippen LogP contribution in [-0.2, 0) is 0 Å². The Morgan fingerprint density at radius 1 is 1.22 bits per heavy atom. The van der Waals surface area contributed by atoms with Gasteiger partial charge in [-0.2, -0.15) is 10.4 Å². The molecule has 2 aliphatic rings. The maximum absolute atomic E-state index is 11.3. The van der Waals surface area contributed by atoms with Gasteiger partial charge in [0.1, 0.15) is 11.1 Å². The summed E-state index contributed by atoms with van der Waals surface area (Å²) in [5.74, 6) is 0.157. The predicted octanol–water partition coefficient (Wildman–Crippen LogP) is 4.32. The Morgan fingerprint density at radius 3 is 2.56 bits per heavy atom. The van der Waals surface area contributed by atoms with Crippen LogP contribution in [0.4, 0.5) is 17.1 Å². The third kappa shape index (κ3) is 3.14. The van der Waals surface area contributed by atoms with Crippen LogP contribution >= 0.6 is 0 Å². The van der Waals surface area contributed by atoms with Crippen molar-refractivity contribution in [1.29, 1.82) is 5.26 Å². The number of hydrogen-bond donors (Lipinski definition) is 1. The van der Waals surface area contributed by atoms with Gasteiger partial charge in [0, 0.05) is 6.07 Å². The number of nitro benzene ring substituents is 2. The molecule has 9 heteroatoms. The lowest BCUT2D eigenvalue weighted by atomic mass is 9.57. The van der Waals surface area contributed by atoms with E-state index in [-0.39, 0.29) is 17.3 Å². The first kappa shape index (κ1) is 18.5. The van der Waals surface area contributed by atoms with Gasteiger partial charge in [0.15, 0.2) is 0 Å². The van der Waals surface area contributed by atoms with Crippen molar-refractivity contribution in [1.82, 2.24) is 0 Å². The number of hydrazone groups is 1. The maximum Gasteiger partial charge on any atom is 0.301 e. The Bertz CT molecular complexity index is 886. The first-order chi connectivity index (χ1) is 12.9. The van der Waals surface area contributed by atoms with E-state index in [1.54, 1.807) is 0 Å². The van der Waals surface area contributed by atoms with E-state index in [2.05, 4.69) is 23.2 Å². The molecule has 0 radical (unpaired) electrons. The van der Waals surface area contributed by atoms with Crippen LogP contribution in [0.25, 0.3) is 0 Å². The van der Waals surface area contributed by atoms with Crippen LogP contribution in [0.2, 0.25) is 0 Å². The summed E-state index contributed by atoms with van der Waals surface area (Å²) >= 11 is 0. The lowest BCUT2D eigenvalue weighted by Gasteiger charge is -2.44. The Morgan fingerprint density at radius 2 is 1.93 bits per heavy atom. The average Bonchev–Trinajstić information content (AvgIpc) is 2.66. The van der Waals surface area contributed by atoms with Crippen molar-refractivity contribution in [3.05, 3.63) is 50.6 Å². The summed E-state index contributed by atoms with van der Waals surface area (Å²) in [5, 5.41) is 36.4. The minimum atomic E-state index is -0.834. The molecule has 140 valence electrons. The smallest absolute Gasteiger partial charge is 0.272 e. The minimum Gasteiger partial charge on any atom is -0.272 e. The number of benzene rings is 1. The molecule has 3 rings (SSSR count). The van der Waals surface area contributed by atoms with E-state index in [0.717, 1.165) is 43.7 Å². The fourth-order valence-electron chi connectivity index (χ4n) is 4.16. The van der Waals surface area contributed by atoms with Crippen LogP contribution in [0, 0.1) is 42.9 Å². The third-order valence-electron chi connectivity index (χ3n) is 5.50. The van der Waals surface area contributed by atoms with E-state index < -0.39 is 20.9 Å². The molecule has 0 saturated heterocycles. The molecular formula is C18H19N5O4.